The van der Waals surface area contributed by atoms with Gasteiger partial charge in [-0.25, -0.2) is 0 Å². The minimum absolute atomic E-state index is 0. The van der Waals surface area contributed by atoms with Crippen molar-refractivity contribution in [2.24, 2.45) is 0 Å². The zero-order valence-corrected chi connectivity index (χ0v) is 15.7. The molecule has 4 N–H and O–H groups in total. The van der Waals surface area contributed by atoms with E-state index in [1.807, 2.05) is 67.6 Å². The molecule has 0 radical (unpaired) electrons. The fourth-order valence-electron chi connectivity index (χ4n) is 2.50. The lowest BCUT2D eigenvalue weighted by Gasteiger charge is -2.18. The third-order valence-electron chi connectivity index (χ3n) is 4.02. The molecule has 0 fully saturated rings. The SMILES string of the molecule is CC([NH2+]CCC(O)/C=C/c1ccc(Cl)cc1)C(O)c1ccccc1.[Cl-]. The van der Waals surface area contributed by atoms with Crippen molar-refractivity contribution >= 4 is 17.7 Å². The van der Waals surface area contributed by atoms with Crippen molar-refractivity contribution in [1.82, 2.24) is 0 Å². The molecule has 2 rings (SSSR count). The van der Waals surface area contributed by atoms with E-state index in [1.54, 1.807) is 6.08 Å². The number of halogens is 2. The lowest BCUT2D eigenvalue weighted by Crippen LogP contribution is -3.00. The van der Waals surface area contributed by atoms with E-state index in [1.165, 1.54) is 0 Å². The molecular formula is C20H25Cl2NO2. The van der Waals surface area contributed by atoms with E-state index in [-0.39, 0.29) is 18.4 Å². The van der Waals surface area contributed by atoms with Crippen LogP contribution in [0.1, 0.15) is 30.6 Å². The highest BCUT2D eigenvalue weighted by molar-refractivity contribution is 6.30. The van der Waals surface area contributed by atoms with Crippen LogP contribution in [0.4, 0.5) is 0 Å². The largest absolute Gasteiger partial charge is 1.00 e. The Bertz CT molecular complexity index is 632. The molecular weight excluding hydrogens is 357 g/mol. The van der Waals surface area contributed by atoms with Crippen molar-refractivity contribution < 1.29 is 27.9 Å². The quantitative estimate of drug-likeness (QED) is 0.592. The molecule has 25 heavy (non-hydrogen) atoms. The molecule has 5 heteroatoms. The first-order valence-corrected chi connectivity index (χ1v) is 8.62. The molecule has 3 atom stereocenters. The minimum Gasteiger partial charge on any atom is -1.00 e. The van der Waals surface area contributed by atoms with Crippen LogP contribution < -0.4 is 17.7 Å². The summed E-state index contributed by atoms with van der Waals surface area (Å²) in [5, 5.41) is 23.1. The predicted molar refractivity (Wildman–Crippen MR) is 98.8 cm³/mol. The van der Waals surface area contributed by atoms with Crippen molar-refractivity contribution in [3.8, 4) is 0 Å². The highest BCUT2D eigenvalue weighted by Gasteiger charge is 2.18. The average Bonchev–Trinajstić information content (AvgIpc) is 2.61. The Kier molecular flexibility index (Phi) is 9.79. The van der Waals surface area contributed by atoms with Gasteiger partial charge in [0.05, 0.1) is 12.6 Å². The Labute approximate surface area is 160 Å². The summed E-state index contributed by atoms with van der Waals surface area (Å²) >= 11 is 5.84. The lowest BCUT2D eigenvalue weighted by molar-refractivity contribution is -0.695. The minimum atomic E-state index is -0.507. The van der Waals surface area contributed by atoms with Gasteiger partial charge in [-0.05, 0) is 30.2 Å². The Morgan fingerprint density at radius 1 is 1.04 bits per heavy atom. The zero-order chi connectivity index (χ0) is 17.4. The molecule has 0 aliphatic heterocycles. The topological polar surface area (TPSA) is 57.1 Å². The van der Waals surface area contributed by atoms with Crippen LogP contribution >= 0.6 is 11.6 Å². The molecule has 2 aromatic carbocycles. The van der Waals surface area contributed by atoms with E-state index < -0.39 is 12.2 Å². The van der Waals surface area contributed by atoms with Gasteiger partial charge < -0.3 is 27.9 Å². The summed E-state index contributed by atoms with van der Waals surface area (Å²) in [4.78, 5) is 0. The lowest BCUT2D eigenvalue weighted by atomic mass is 10.0. The summed E-state index contributed by atoms with van der Waals surface area (Å²) in [5.74, 6) is 0. The average molecular weight is 382 g/mol. The monoisotopic (exact) mass is 381 g/mol. The maximum atomic E-state index is 10.3. The normalized spacial score (nSPS) is 14.7. The van der Waals surface area contributed by atoms with Gasteiger partial charge in [-0.2, -0.15) is 0 Å². The molecule has 2 aromatic rings. The molecule has 136 valence electrons. The highest BCUT2D eigenvalue weighted by Crippen LogP contribution is 2.14. The summed E-state index contributed by atoms with van der Waals surface area (Å²) in [6, 6.07) is 17.2. The number of aliphatic hydroxyl groups excluding tert-OH is 2. The van der Waals surface area contributed by atoms with Crippen molar-refractivity contribution in [1.29, 1.82) is 0 Å². The number of rotatable bonds is 8. The number of quaternary nitrogens is 1. The molecule has 0 aromatic heterocycles. The van der Waals surface area contributed by atoms with Gasteiger partial charge in [-0.1, -0.05) is 66.2 Å². The van der Waals surface area contributed by atoms with Crippen LogP contribution in [0.3, 0.4) is 0 Å². The van der Waals surface area contributed by atoms with Crippen LogP contribution in [0.2, 0.25) is 5.02 Å². The van der Waals surface area contributed by atoms with E-state index in [4.69, 9.17) is 11.6 Å². The fourth-order valence-corrected chi connectivity index (χ4v) is 2.63. The van der Waals surface area contributed by atoms with E-state index in [9.17, 15) is 10.2 Å². The second kappa shape index (κ2) is 11.3. The van der Waals surface area contributed by atoms with E-state index >= 15 is 0 Å². The Morgan fingerprint density at radius 3 is 2.32 bits per heavy atom. The molecule has 3 unspecified atom stereocenters. The Hall–Kier alpha value is -1.36. The Balaban J connectivity index is 0.00000312. The van der Waals surface area contributed by atoms with Gasteiger partial charge in [0.25, 0.3) is 0 Å². The van der Waals surface area contributed by atoms with Gasteiger partial charge in [0, 0.05) is 11.4 Å². The van der Waals surface area contributed by atoms with Crippen LogP contribution in [0.5, 0.6) is 0 Å². The molecule has 0 aliphatic carbocycles. The summed E-state index contributed by atoms with van der Waals surface area (Å²) in [5.41, 5.74) is 1.93. The second-order valence-corrected chi connectivity index (χ2v) is 6.44. The molecule has 0 saturated heterocycles. The first-order chi connectivity index (χ1) is 11.6. The first-order valence-electron chi connectivity index (χ1n) is 8.24. The van der Waals surface area contributed by atoms with Crippen LogP contribution in [0, 0.1) is 0 Å². The van der Waals surface area contributed by atoms with Gasteiger partial charge in [0.1, 0.15) is 12.1 Å². The molecule has 0 saturated carbocycles. The molecule has 0 aliphatic rings. The number of nitrogens with two attached hydrogens (primary N) is 1. The number of hydrogen-bond acceptors (Lipinski definition) is 2. The van der Waals surface area contributed by atoms with Crippen molar-refractivity contribution in [3.63, 3.8) is 0 Å². The van der Waals surface area contributed by atoms with Crippen LogP contribution in [-0.4, -0.2) is 28.9 Å². The maximum Gasteiger partial charge on any atom is 0.130 e. The molecule has 3 nitrogen and oxygen atoms in total. The summed E-state index contributed by atoms with van der Waals surface area (Å²) in [7, 11) is 0. The van der Waals surface area contributed by atoms with E-state index in [0.717, 1.165) is 17.7 Å². The molecule has 0 amide bonds. The van der Waals surface area contributed by atoms with Crippen LogP contribution in [0.15, 0.2) is 60.7 Å². The standard InChI is InChI=1S/C20H24ClNO2.ClH/c1-15(20(24)17-5-3-2-4-6-17)22-14-13-19(23)12-9-16-7-10-18(21)11-8-16;/h2-12,15,19-20,22-24H,13-14H2,1H3;1H/b12-9+;. The third kappa shape index (κ3) is 7.59. The van der Waals surface area contributed by atoms with Gasteiger partial charge >= 0.3 is 0 Å². The molecule has 0 bridgehead atoms. The van der Waals surface area contributed by atoms with E-state index in [0.29, 0.717) is 11.4 Å². The van der Waals surface area contributed by atoms with Gasteiger partial charge in [-0.3, -0.25) is 0 Å². The highest BCUT2D eigenvalue weighted by atomic mass is 35.5. The van der Waals surface area contributed by atoms with Crippen molar-refractivity contribution in [2.75, 3.05) is 6.54 Å². The maximum absolute atomic E-state index is 10.3. The van der Waals surface area contributed by atoms with Gasteiger partial charge in [-0.15, -0.1) is 0 Å². The fraction of sp³-hybridized carbons (Fsp3) is 0.300. The van der Waals surface area contributed by atoms with E-state index in [2.05, 4.69) is 5.32 Å². The number of hydrogen-bond donors (Lipinski definition) is 3. The van der Waals surface area contributed by atoms with Crippen molar-refractivity contribution in [2.45, 2.75) is 31.6 Å². The van der Waals surface area contributed by atoms with Gasteiger partial charge in [0.15, 0.2) is 0 Å². The molecule has 0 heterocycles. The first kappa shape index (κ1) is 21.7. The number of benzene rings is 2. The van der Waals surface area contributed by atoms with Crippen molar-refractivity contribution in [3.05, 3.63) is 76.8 Å². The predicted octanol–water partition coefficient (Wildman–Crippen LogP) is -0.206. The zero-order valence-electron chi connectivity index (χ0n) is 14.2. The summed E-state index contributed by atoms with van der Waals surface area (Å²) in [6.07, 6.45) is 3.31. The number of aliphatic hydroxyl groups is 2. The summed E-state index contributed by atoms with van der Waals surface area (Å²) in [6.45, 7) is 2.74. The van der Waals surface area contributed by atoms with Gasteiger partial charge in [0.2, 0.25) is 0 Å². The van der Waals surface area contributed by atoms with Crippen LogP contribution in [-0.2, 0) is 0 Å². The smallest absolute Gasteiger partial charge is 0.130 e. The van der Waals surface area contributed by atoms with Crippen LogP contribution in [0.25, 0.3) is 6.08 Å². The summed E-state index contributed by atoms with van der Waals surface area (Å²) < 4.78 is 0. The molecule has 0 spiro atoms. The second-order valence-electron chi connectivity index (χ2n) is 6.01. The Morgan fingerprint density at radius 2 is 1.68 bits per heavy atom. The third-order valence-corrected chi connectivity index (χ3v) is 4.27.